The van der Waals surface area contributed by atoms with E-state index in [-0.39, 0.29) is 5.91 Å². The maximum absolute atomic E-state index is 11.9. The van der Waals surface area contributed by atoms with Crippen LogP contribution in [0.3, 0.4) is 0 Å². The van der Waals surface area contributed by atoms with Crippen molar-refractivity contribution in [2.24, 2.45) is 0 Å². The molecule has 0 saturated carbocycles. The number of thiophene rings is 1. The third-order valence-corrected chi connectivity index (χ3v) is 5.70. The first kappa shape index (κ1) is 17.8. The average molecular weight is 372 g/mol. The summed E-state index contributed by atoms with van der Waals surface area (Å²) >= 11 is 3.40. The number of nitrogens with zero attached hydrogens (tertiary/aromatic N) is 2. The summed E-state index contributed by atoms with van der Waals surface area (Å²) in [6.45, 7) is 0.639. The van der Waals surface area contributed by atoms with E-state index in [4.69, 9.17) is 0 Å². The highest BCUT2D eigenvalue weighted by Gasteiger charge is 2.06. The van der Waals surface area contributed by atoms with Crippen molar-refractivity contribution in [1.29, 1.82) is 0 Å². The smallest absolute Gasteiger partial charge is 0.220 e. The first-order valence-corrected chi connectivity index (χ1v) is 10.2. The van der Waals surface area contributed by atoms with Crippen LogP contribution < -0.4 is 5.32 Å². The summed E-state index contributed by atoms with van der Waals surface area (Å²) in [5.41, 5.74) is 2.05. The molecule has 0 unspecified atom stereocenters. The first-order chi connectivity index (χ1) is 12.3. The zero-order valence-electron chi connectivity index (χ0n) is 14.0. The van der Waals surface area contributed by atoms with Gasteiger partial charge in [-0.2, -0.15) is 0 Å². The van der Waals surface area contributed by atoms with Gasteiger partial charge in [0.2, 0.25) is 5.91 Å². The van der Waals surface area contributed by atoms with Crippen LogP contribution in [0, 0.1) is 0 Å². The molecule has 1 amide bonds. The van der Waals surface area contributed by atoms with Crippen molar-refractivity contribution < 1.29 is 4.79 Å². The van der Waals surface area contributed by atoms with Crippen LogP contribution in [0.4, 0.5) is 0 Å². The van der Waals surface area contributed by atoms with Gasteiger partial charge in [0, 0.05) is 47.6 Å². The fraction of sp³-hybridized carbons (Fsp3) is 0.316. The molecule has 0 fully saturated rings. The molecule has 0 radical (unpaired) electrons. The Morgan fingerprint density at radius 1 is 1.12 bits per heavy atom. The lowest BCUT2D eigenvalue weighted by Gasteiger charge is -2.04. The van der Waals surface area contributed by atoms with Crippen molar-refractivity contribution in [3.05, 3.63) is 58.0 Å². The zero-order chi connectivity index (χ0) is 17.3. The Labute approximate surface area is 156 Å². The normalized spacial score (nSPS) is 10.7. The molecule has 0 aliphatic heterocycles. The minimum atomic E-state index is 0.133. The van der Waals surface area contributed by atoms with Gasteiger partial charge in [-0.15, -0.1) is 22.7 Å². The Morgan fingerprint density at radius 3 is 2.88 bits per heavy atom. The summed E-state index contributed by atoms with van der Waals surface area (Å²) in [7, 11) is 0. The van der Waals surface area contributed by atoms with Gasteiger partial charge in [0.15, 0.2) is 0 Å². The van der Waals surface area contributed by atoms with Gasteiger partial charge >= 0.3 is 0 Å². The van der Waals surface area contributed by atoms with E-state index < -0.39 is 0 Å². The van der Waals surface area contributed by atoms with Crippen LogP contribution in [0.15, 0.2) is 47.4 Å². The number of amides is 1. The fourth-order valence-corrected chi connectivity index (χ4v) is 4.10. The van der Waals surface area contributed by atoms with E-state index in [0.717, 1.165) is 41.9 Å². The molecule has 3 rings (SSSR count). The minimum absolute atomic E-state index is 0.133. The fourth-order valence-electron chi connectivity index (χ4n) is 2.50. The molecule has 4 nitrogen and oxygen atoms in total. The molecule has 3 aromatic heterocycles. The highest BCUT2D eigenvalue weighted by Crippen LogP contribution is 2.22. The number of hydrogen-bond donors (Lipinski definition) is 1. The first-order valence-electron chi connectivity index (χ1n) is 8.45. The molecule has 0 spiro atoms. The lowest BCUT2D eigenvalue weighted by atomic mass is 10.1. The maximum atomic E-state index is 11.9. The summed E-state index contributed by atoms with van der Waals surface area (Å²) in [6, 6.07) is 8.14. The molecule has 3 aromatic rings. The number of aryl methyl sites for hydroxylation is 1. The second kappa shape index (κ2) is 9.44. The second-order valence-corrected chi connectivity index (χ2v) is 7.66. The van der Waals surface area contributed by atoms with Crippen LogP contribution in [0.1, 0.15) is 29.8 Å². The molecule has 25 heavy (non-hydrogen) atoms. The average Bonchev–Trinajstić information content (AvgIpc) is 3.31. The summed E-state index contributed by atoms with van der Waals surface area (Å²) in [5.74, 6) is 0.133. The van der Waals surface area contributed by atoms with Crippen LogP contribution in [-0.4, -0.2) is 22.4 Å². The van der Waals surface area contributed by atoms with Gasteiger partial charge in [-0.25, -0.2) is 4.98 Å². The van der Waals surface area contributed by atoms with Crippen LogP contribution in [0.25, 0.3) is 10.6 Å². The van der Waals surface area contributed by atoms with Gasteiger partial charge in [0.25, 0.3) is 0 Å². The number of nitrogens with one attached hydrogen (secondary N) is 1. The van der Waals surface area contributed by atoms with Gasteiger partial charge in [-0.3, -0.25) is 9.78 Å². The summed E-state index contributed by atoms with van der Waals surface area (Å²) in [5, 5.41) is 8.11. The van der Waals surface area contributed by atoms with E-state index in [1.165, 1.54) is 4.88 Å². The molecule has 0 atom stereocenters. The maximum Gasteiger partial charge on any atom is 0.220 e. The predicted octanol–water partition coefficient (Wildman–Crippen LogP) is 4.34. The SMILES string of the molecule is O=C(CCCCc1cccs1)NCCc1csc(-c2cccnc2)n1. The monoisotopic (exact) mass is 371 g/mol. The number of thiazole rings is 1. The van der Waals surface area contributed by atoms with E-state index >= 15 is 0 Å². The number of aromatic nitrogens is 2. The highest BCUT2D eigenvalue weighted by molar-refractivity contribution is 7.13. The van der Waals surface area contributed by atoms with Crippen molar-refractivity contribution >= 4 is 28.6 Å². The molecule has 6 heteroatoms. The Kier molecular flexibility index (Phi) is 6.71. The van der Waals surface area contributed by atoms with E-state index in [9.17, 15) is 4.79 Å². The van der Waals surface area contributed by atoms with Gasteiger partial charge in [0.05, 0.1) is 5.69 Å². The number of rotatable bonds is 9. The lowest BCUT2D eigenvalue weighted by Crippen LogP contribution is -2.25. The lowest BCUT2D eigenvalue weighted by molar-refractivity contribution is -0.121. The molecule has 130 valence electrons. The Morgan fingerprint density at radius 2 is 2.08 bits per heavy atom. The molecule has 3 heterocycles. The Balaban J connectivity index is 1.32. The van der Waals surface area contributed by atoms with Gasteiger partial charge < -0.3 is 5.32 Å². The van der Waals surface area contributed by atoms with Crippen LogP contribution in [-0.2, 0) is 17.6 Å². The molecule has 1 N–H and O–H groups in total. The van der Waals surface area contributed by atoms with E-state index in [1.54, 1.807) is 28.9 Å². The highest BCUT2D eigenvalue weighted by atomic mass is 32.1. The summed E-state index contributed by atoms with van der Waals surface area (Å²) in [4.78, 5) is 22.0. The van der Waals surface area contributed by atoms with Gasteiger partial charge in [-0.05, 0) is 42.8 Å². The largest absolute Gasteiger partial charge is 0.356 e. The number of hydrogen-bond acceptors (Lipinski definition) is 5. The summed E-state index contributed by atoms with van der Waals surface area (Å²) in [6.07, 6.45) is 8.01. The standard InChI is InChI=1S/C19H21N3OS2/c23-18(8-2-1-6-17-7-4-12-24-17)21-11-9-16-14-25-19(22-16)15-5-3-10-20-13-15/h3-5,7,10,12-14H,1-2,6,8-9,11H2,(H,21,23). The van der Waals surface area contributed by atoms with Crippen molar-refractivity contribution in [2.75, 3.05) is 6.54 Å². The number of carbonyl (C=O) groups excluding carboxylic acids is 1. The van der Waals surface area contributed by atoms with Crippen molar-refractivity contribution in [3.8, 4) is 10.6 Å². The third kappa shape index (κ3) is 5.76. The summed E-state index contributed by atoms with van der Waals surface area (Å²) < 4.78 is 0. The topological polar surface area (TPSA) is 54.9 Å². The molecule has 0 aliphatic rings. The van der Waals surface area contributed by atoms with Gasteiger partial charge in [0.1, 0.15) is 5.01 Å². The molecular formula is C19H21N3OS2. The van der Waals surface area contributed by atoms with Crippen LogP contribution in [0.2, 0.25) is 0 Å². The molecule has 0 saturated heterocycles. The molecule has 0 bridgehead atoms. The van der Waals surface area contributed by atoms with Crippen LogP contribution >= 0.6 is 22.7 Å². The van der Waals surface area contributed by atoms with E-state index in [2.05, 4.69) is 38.2 Å². The predicted molar refractivity (Wildman–Crippen MR) is 104 cm³/mol. The third-order valence-electron chi connectivity index (χ3n) is 3.82. The number of unbranched alkanes of at least 4 members (excludes halogenated alkanes) is 1. The van der Waals surface area contributed by atoms with E-state index in [1.807, 2.05) is 18.3 Å². The second-order valence-electron chi connectivity index (χ2n) is 5.77. The van der Waals surface area contributed by atoms with Gasteiger partial charge in [-0.1, -0.05) is 6.07 Å². The molecule has 0 aliphatic carbocycles. The quantitative estimate of drug-likeness (QED) is 0.569. The number of pyridine rings is 1. The van der Waals surface area contributed by atoms with Crippen molar-refractivity contribution in [3.63, 3.8) is 0 Å². The molecule has 0 aromatic carbocycles. The van der Waals surface area contributed by atoms with Crippen molar-refractivity contribution in [1.82, 2.24) is 15.3 Å². The minimum Gasteiger partial charge on any atom is -0.356 e. The molecular weight excluding hydrogens is 350 g/mol. The van der Waals surface area contributed by atoms with Crippen LogP contribution in [0.5, 0.6) is 0 Å². The number of carbonyl (C=O) groups is 1. The zero-order valence-corrected chi connectivity index (χ0v) is 15.6. The van der Waals surface area contributed by atoms with E-state index in [0.29, 0.717) is 13.0 Å². The Bertz CT molecular complexity index is 769. The van der Waals surface area contributed by atoms with Crippen molar-refractivity contribution in [2.45, 2.75) is 32.1 Å². The Hall–Kier alpha value is -2.05.